The number of thiazole rings is 1. The van der Waals surface area contributed by atoms with E-state index in [-0.39, 0.29) is 11.5 Å². The number of nitrogens with zero attached hydrogens (tertiary/aromatic N) is 3. The Morgan fingerprint density at radius 2 is 2.04 bits per heavy atom. The largest absolute Gasteiger partial charge is 0.508 e. The molecule has 1 aromatic carbocycles. The fraction of sp³-hybridized carbons (Fsp3) is 0.267. The third-order valence-electron chi connectivity index (χ3n) is 3.31. The summed E-state index contributed by atoms with van der Waals surface area (Å²) in [6.45, 7) is 3.91. The van der Waals surface area contributed by atoms with Crippen molar-refractivity contribution in [2.24, 2.45) is 0 Å². The molecule has 0 radical (unpaired) electrons. The molecule has 0 aliphatic rings. The van der Waals surface area contributed by atoms with E-state index in [2.05, 4.69) is 20.2 Å². The zero-order valence-electron chi connectivity index (χ0n) is 12.7. The summed E-state index contributed by atoms with van der Waals surface area (Å²) in [6.07, 6.45) is 0.665. The minimum Gasteiger partial charge on any atom is -0.508 e. The van der Waals surface area contributed by atoms with Gasteiger partial charge in [-0.1, -0.05) is 18.7 Å². The maximum absolute atomic E-state index is 10.0. The van der Waals surface area contributed by atoms with E-state index in [0.29, 0.717) is 28.7 Å². The van der Waals surface area contributed by atoms with Crippen LogP contribution in [0.5, 0.6) is 11.5 Å². The number of H-pyrrole nitrogens is 1. The van der Waals surface area contributed by atoms with E-state index in [1.54, 1.807) is 17.4 Å². The van der Waals surface area contributed by atoms with Gasteiger partial charge in [0.05, 0.1) is 16.3 Å². The highest BCUT2D eigenvalue weighted by Crippen LogP contribution is 2.34. The first kappa shape index (κ1) is 15.8. The van der Waals surface area contributed by atoms with Gasteiger partial charge in [0.1, 0.15) is 11.5 Å². The van der Waals surface area contributed by atoms with Crippen molar-refractivity contribution in [3.8, 4) is 22.9 Å². The molecule has 0 bridgehead atoms. The summed E-state index contributed by atoms with van der Waals surface area (Å²) in [5, 5.41) is 30.4. The van der Waals surface area contributed by atoms with Gasteiger partial charge in [-0.2, -0.15) is 0 Å². The smallest absolute Gasteiger partial charge is 0.209 e. The van der Waals surface area contributed by atoms with Crippen molar-refractivity contribution < 1.29 is 10.2 Å². The van der Waals surface area contributed by atoms with Crippen LogP contribution in [0.4, 0.5) is 0 Å². The van der Waals surface area contributed by atoms with Crippen molar-refractivity contribution in [2.45, 2.75) is 31.2 Å². The fourth-order valence-corrected chi connectivity index (χ4v) is 3.55. The number of rotatable bonds is 5. The van der Waals surface area contributed by atoms with Crippen molar-refractivity contribution in [1.82, 2.24) is 20.2 Å². The molecule has 3 rings (SSSR count). The lowest BCUT2D eigenvalue weighted by molar-refractivity contribution is 0.447. The number of benzene rings is 1. The summed E-state index contributed by atoms with van der Waals surface area (Å²) >= 11 is 3.10. The third kappa shape index (κ3) is 3.48. The van der Waals surface area contributed by atoms with Crippen LogP contribution in [-0.4, -0.2) is 30.4 Å². The minimum absolute atomic E-state index is 0.0254. The summed E-state index contributed by atoms with van der Waals surface area (Å²) < 4.78 is 0. The predicted molar refractivity (Wildman–Crippen MR) is 90.9 cm³/mol. The van der Waals surface area contributed by atoms with Gasteiger partial charge in [0.25, 0.3) is 0 Å². The van der Waals surface area contributed by atoms with E-state index in [0.717, 1.165) is 16.3 Å². The van der Waals surface area contributed by atoms with E-state index < -0.39 is 0 Å². The summed E-state index contributed by atoms with van der Waals surface area (Å²) in [4.78, 5) is 8.80. The van der Waals surface area contributed by atoms with Crippen LogP contribution in [0.25, 0.3) is 11.4 Å². The molecule has 3 N–H and O–H groups in total. The van der Waals surface area contributed by atoms with E-state index in [4.69, 9.17) is 0 Å². The Morgan fingerprint density at radius 1 is 1.22 bits per heavy atom. The van der Waals surface area contributed by atoms with Gasteiger partial charge in [0, 0.05) is 17.2 Å². The number of aromatic hydroxyl groups is 2. The van der Waals surface area contributed by atoms with Crippen LogP contribution in [0.15, 0.2) is 22.7 Å². The molecule has 0 amide bonds. The monoisotopic (exact) mass is 348 g/mol. The number of phenols is 2. The molecule has 3 aromatic rings. The van der Waals surface area contributed by atoms with Gasteiger partial charge in [-0.05, 0) is 25.0 Å². The van der Waals surface area contributed by atoms with E-state index in [1.165, 1.54) is 17.8 Å². The summed E-state index contributed by atoms with van der Waals surface area (Å²) in [5.41, 5.74) is 2.29. The SMILES string of the molecule is CCc1cc(-c2nc(SCc3csc(C)n3)n[nH]2)c(O)cc1O. The Bertz CT molecular complexity index is 829. The maximum atomic E-state index is 10.0. The van der Waals surface area contributed by atoms with Crippen molar-refractivity contribution in [1.29, 1.82) is 0 Å². The topological polar surface area (TPSA) is 94.9 Å². The van der Waals surface area contributed by atoms with Crippen molar-refractivity contribution in [2.75, 3.05) is 0 Å². The van der Waals surface area contributed by atoms with Crippen molar-refractivity contribution in [3.63, 3.8) is 0 Å². The van der Waals surface area contributed by atoms with E-state index in [9.17, 15) is 10.2 Å². The first-order chi connectivity index (χ1) is 11.1. The zero-order chi connectivity index (χ0) is 16.4. The molecule has 6 nitrogen and oxygen atoms in total. The first-order valence-corrected chi connectivity index (χ1v) is 8.94. The number of nitrogens with one attached hydrogen (secondary N) is 1. The van der Waals surface area contributed by atoms with Crippen LogP contribution in [0, 0.1) is 6.92 Å². The standard InChI is InChI=1S/C15H16N4O2S2/c1-3-9-4-11(13(21)5-12(9)20)14-17-15(19-18-14)23-7-10-6-22-8(2)16-10/h4-6,20-21H,3,7H2,1-2H3,(H,17,18,19). The van der Waals surface area contributed by atoms with Crippen LogP contribution < -0.4 is 0 Å². The lowest BCUT2D eigenvalue weighted by atomic mass is 10.1. The highest BCUT2D eigenvalue weighted by Gasteiger charge is 2.14. The molecule has 8 heteroatoms. The number of phenolic OH excluding ortho intramolecular Hbond substituents is 2. The Balaban J connectivity index is 1.79. The molecule has 2 heterocycles. The quantitative estimate of drug-likeness (QED) is 0.611. The highest BCUT2D eigenvalue weighted by molar-refractivity contribution is 7.98. The van der Waals surface area contributed by atoms with Gasteiger partial charge >= 0.3 is 0 Å². The number of aromatic nitrogens is 4. The molecule has 0 aliphatic heterocycles. The number of aromatic amines is 1. The second-order valence-electron chi connectivity index (χ2n) is 4.96. The molecule has 0 unspecified atom stereocenters. The van der Waals surface area contributed by atoms with Gasteiger partial charge in [0.15, 0.2) is 5.82 Å². The molecule has 0 saturated heterocycles. The lowest BCUT2D eigenvalue weighted by Crippen LogP contribution is -1.88. The van der Waals surface area contributed by atoms with Gasteiger partial charge in [-0.25, -0.2) is 9.97 Å². The average molecular weight is 348 g/mol. The molecule has 0 spiro atoms. The molecule has 0 aliphatic carbocycles. The third-order valence-corrected chi connectivity index (χ3v) is 5.02. The van der Waals surface area contributed by atoms with Gasteiger partial charge < -0.3 is 10.2 Å². The number of thioether (sulfide) groups is 1. The minimum atomic E-state index is -0.0254. The normalized spacial score (nSPS) is 11.0. The Morgan fingerprint density at radius 3 is 2.74 bits per heavy atom. The fourth-order valence-electron chi connectivity index (χ4n) is 2.14. The highest BCUT2D eigenvalue weighted by atomic mass is 32.2. The second kappa shape index (κ2) is 6.59. The van der Waals surface area contributed by atoms with E-state index in [1.807, 2.05) is 19.2 Å². The molecule has 2 aromatic heterocycles. The molecule has 0 atom stereocenters. The van der Waals surface area contributed by atoms with Crippen LogP contribution >= 0.6 is 23.1 Å². The lowest BCUT2D eigenvalue weighted by Gasteiger charge is -2.06. The Labute approximate surface area is 141 Å². The molecular weight excluding hydrogens is 332 g/mol. The Kier molecular flexibility index (Phi) is 4.53. The van der Waals surface area contributed by atoms with Crippen molar-refractivity contribution in [3.05, 3.63) is 33.8 Å². The number of hydrogen-bond acceptors (Lipinski definition) is 7. The van der Waals surface area contributed by atoms with Crippen LogP contribution in [0.1, 0.15) is 23.2 Å². The number of hydrogen-bond donors (Lipinski definition) is 3. The summed E-state index contributed by atoms with van der Waals surface area (Å²) in [5.74, 6) is 1.24. The van der Waals surface area contributed by atoms with Crippen LogP contribution in [-0.2, 0) is 12.2 Å². The van der Waals surface area contributed by atoms with Crippen LogP contribution in [0.3, 0.4) is 0 Å². The Hall–Kier alpha value is -2.06. The molecule has 120 valence electrons. The second-order valence-corrected chi connectivity index (χ2v) is 6.97. The van der Waals surface area contributed by atoms with E-state index >= 15 is 0 Å². The van der Waals surface area contributed by atoms with Gasteiger partial charge in [-0.3, -0.25) is 5.10 Å². The molecular formula is C15H16N4O2S2. The zero-order valence-corrected chi connectivity index (χ0v) is 14.3. The van der Waals surface area contributed by atoms with Gasteiger partial charge in [-0.15, -0.1) is 16.4 Å². The van der Waals surface area contributed by atoms with Crippen molar-refractivity contribution >= 4 is 23.1 Å². The first-order valence-electron chi connectivity index (χ1n) is 7.08. The summed E-state index contributed by atoms with van der Waals surface area (Å²) in [7, 11) is 0. The number of aryl methyl sites for hydroxylation is 2. The van der Waals surface area contributed by atoms with Crippen LogP contribution in [0.2, 0.25) is 0 Å². The predicted octanol–water partition coefficient (Wildman–Crippen LogP) is 3.50. The molecule has 23 heavy (non-hydrogen) atoms. The molecule has 0 fully saturated rings. The summed E-state index contributed by atoms with van der Waals surface area (Å²) in [6, 6.07) is 3.06. The van der Waals surface area contributed by atoms with Gasteiger partial charge in [0.2, 0.25) is 5.16 Å². The average Bonchev–Trinajstić information content (AvgIpc) is 3.14. The molecule has 0 saturated carbocycles. The maximum Gasteiger partial charge on any atom is 0.209 e.